The third-order valence-corrected chi connectivity index (χ3v) is 3.28. The van der Waals surface area contributed by atoms with Crippen LogP contribution in [0.2, 0.25) is 9.49 Å². The van der Waals surface area contributed by atoms with Crippen LogP contribution >= 0.6 is 44.1 Å². The summed E-state index contributed by atoms with van der Waals surface area (Å²) >= 11 is 10.9. The topological polar surface area (TPSA) is 12.9 Å². The van der Waals surface area contributed by atoms with E-state index >= 15 is 0 Å². The van der Waals surface area contributed by atoms with Crippen molar-refractivity contribution in [3.05, 3.63) is 9.49 Å². The zero-order valence-corrected chi connectivity index (χ0v) is 7.30. The lowest BCUT2D eigenvalue weighted by Gasteiger charge is -1.59. The monoisotopic (exact) mass is 207 g/mol. The van der Waals surface area contributed by atoms with Crippen LogP contribution < -0.4 is 12.4 Å². The maximum Gasteiger partial charge on any atom is 0.354 e. The summed E-state index contributed by atoms with van der Waals surface area (Å²) in [7, 11) is 2.66. The van der Waals surface area contributed by atoms with Gasteiger partial charge in [0.2, 0.25) is 5.15 Å². The lowest BCUT2D eigenvalue weighted by atomic mass is 11.0. The van der Waals surface area contributed by atoms with Crippen LogP contribution in [0.25, 0.3) is 0 Å². The molecule has 0 atom stereocenters. The first-order valence-corrected chi connectivity index (χ1v) is 4.27. The van der Waals surface area contributed by atoms with E-state index in [1.165, 1.54) is 20.9 Å². The van der Waals surface area contributed by atoms with Gasteiger partial charge in [-0.05, 0) is 11.6 Å². The van der Waals surface area contributed by atoms with Gasteiger partial charge in [0.15, 0.2) is 0 Å². The van der Waals surface area contributed by atoms with Crippen molar-refractivity contribution in [3.63, 3.8) is 0 Å². The van der Waals surface area contributed by atoms with Gasteiger partial charge in [0, 0.05) is 0 Å². The van der Waals surface area contributed by atoms with Gasteiger partial charge in [-0.25, -0.2) is 0 Å². The van der Waals surface area contributed by atoms with E-state index in [0.717, 1.165) is 0 Å². The molecule has 0 fully saturated rings. The Morgan fingerprint density at radius 2 is 2.12 bits per heavy atom. The van der Waals surface area contributed by atoms with Crippen molar-refractivity contribution in [1.29, 1.82) is 0 Å². The second kappa shape index (κ2) is 3.80. The summed E-state index contributed by atoms with van der Waals surface area (Å²) in [5.74, 6) is 0. The molecule has 0 unspecified atom stereocenters. The molecule has 0 saturated heterocycles. The van der Waals surface area contributed by atoms with Crippen molar-refractivity contribution in [3.8, 4) is 0 Å². The molecule has 0 amide bonds. The molecule has 0 N–H and O–H groups in total. The van der Waals surface area contributed by atoms with E-state index in [4.69, 9.17) is 23.2 Å². The highest BCUT2D eigenvalue weighted by atomic mass is 35.5. The molecule has 46 valence electrons. The van der Waals surface area contributed by atoms with Crippen molar-refractivity contribution < 1.29 is 12.4 Å². The standard InChI is InChI=1S/C2Cl2NS2.ClH/c3-1-2(4)6-7-5-1;/h;1H/q+1;/p-1. The summed E-state index contributed by atoms with van der Waals surface area (Å²) < 4.78 is 4.29. The SMILES string of the molecule is Clc1ns[s+]c1Cl.[Cl-]. The van der Waals surface area contributed by atoms with Crippen LogP contribution in [0.3, 0.4) is 0 Å². The Hall–Kier alpha value is 0.850. The van der Waals surface area contributed by atoms with E-state index < -0.39 is 0 Å². The van der Waals surface area contributed by atoms with E-state index in [-0.39, 0.29) is 12.4 Å². The van der Waals surface area contributed by atoms with Gasteiger partial charge in [-0.15, -0.1) is 4.37 Å². The van der Waals surface area contributed by atoms with Gasteiger partial charge in [0.05, 0.1) is 0 Å². The fourth-order valence-corrected chi connectivity index (χ4v) is 2.18. The molecule has 1 nitrogen and oxygen atoms in total. The van der Waals surface area contributed by atoms with Crippen LogP contribution in [0, 0.1) is 0 Å². The largest absolute Gasteiger partial charge is 1.00 e. The Morgan fingerprint density at radius 1 is 1.50 bits per heavy atom. The number of hydrogen-bond donors (Lipinski definition) is 0. The number of hydrogen-bond acceptors (Lipinski definition) is 2. The molecule has 1 rings (SSSR count). The molecule has 0 aliphatic carbocycles. The quantitative estimate of drug-likeness (QED) is 0.425. The van der Waals surface area contributed by atoms with Crippen molar-refractivity contribution >= 4 is 44.1 Å². The highest BCUT2D eigenvalue weighted by Crippen LogP contribution is 2.27. The fraction of sp³-hybridized carbons (Fsp3) is 0. The summed E-state index contributed by atoms with van der Waals surface area (Å²) in [6.07, 6.45) is 0. The molecular weight excluding hydrogens is 209 g/mol. The Morgan fingerprint density at radius 3 is 2.25 bits per heavy atom. The Bertz CT molecular complexity index is 148. The second-order valence-corrected chi connectivity index (χ2v) is 3.63. The van der Waals surface area contributed by atoms with Crippen LogP contribution in [-0.4, -0.2) is 4.37 Å². The molecular formula is C2Cl3NS2. The summed E-state index contributed by atoms with van der Waals surface area (Å²) in [5, 5.41) is 0.414. The first-order chi connectivity index (χ1) is 3.30. The molecule has 0 spiro atoms. The third kappa shape index (κ3) is 1.99. The van der Waals surface area contributed by atoms with Crippen LogP contribution in [0.15, 0.2) is 0 Å². The van der Waals surface area contributed by atoms with Gasteiger partial charge in [0.1, 0.15) is 0 Å². The Kier molecular flexibility index (Phi) is 4.20. The number of aromatic nitrogens is 1. The van der Waals surface area contributed by atoms with Crippen molar-refractivity contribution in [2.24, 2.45) is 0 Å². The lowest BCUT2D eigenvalue weighted by Crippen LogP contribution is -3.00. The second-order valence-electron chi connectivity index (χ2n) is 0.814. The van der Waals surface area contributed by atoms with E-state index in [2.05, 4.69) is 4.37 Å². The molecule has 0 saturated carbocycles. The zero-order valence-electron chi connectivity index (χ0n) is 3.40. The molecule has 1 heterocycles. The molecule has 1 aromatic rings. The molecule has 0 bridgehead atoms. The van der Waals surface area contributed by atoms with Gasteiger partial charge < -0.3 is 12.4 Å². The van der Waals surface area contributed by atoms with Crippen molar-refractivity contribution in [2.45, 2.75) is 0 Å². The van der Waals surface area contributed by atoms with Gasteiger partial charge in [-0.1, -0.05) is 11.6 Å². The third-order valence-electron chi connectivity index (χ3n) is 0.390. The number of nitrogens with zero attached hydrogens (tertiary/aromatic N) is 1. The normalized spacial score (nSPS) is 8.25. The first-order valence-electron chi connectivity index (χ1n) is 1.40. The summed E-state index contributed by atoms with van der Waals surface area (Å²) in [6, 6.07) is 0. The maximum atomic E-state index is 5.46. The van der Waals surface area contributed by atoms with Gasteiger partial charge in [-0.2, -0.15) is 0 Å². The van der Waals surface area contributed by atoms with Gasteiger partial charge in [0.25, 0.3) is 10.5 Å². The molecule has 0 aromatic carbocycles. The summed E-state index contributed by atoms with van der Waals surface area (Å²) in [6.45, 7) is 0. The average molecular weight is 209 g/mol. The van der Waals surface area contributed by atoms with Crippen LogP contribution in [0.1, 0.15) is 0 Å². The predicted molar refractivity (Wildman–Crippen MR) is 34.4 cm³/mol. The minimum absolute atomic E-state index is 0. The summed E-state index contributed by atoms with van der Waals surface area (Å²) in [5.41, 5.74) is 0. The number of rotatable bonds is 0. The molecule has 6 heteroatoms. The Balaban J connectivity index is 0.000000490. The number of halogens is 3. The van der Waals surface area contributed by atoms with Gasteiger partial charge in [-0.3, -0.25) is 0 Å². The zero-order chi connectivity index (χ0) is 5.28. The van der Waals surface area contributed by atoms with E-state index in [1.807, 2.05) is 0 Å². The van der Waals surface area contributed by atoms with E-state index in [1.54, 1.807) is 0 Å². The van der Waals surface area contributed by atoms with Crippen molar-refractivity contribution in [1.82, 2.24) is 4.37 Å². The van der Waals surface area contributed by atoms with E-state index in [9.17, 15) is 0 Å². The van der Waals surface area contributed by atoms with Crippen LogP contribution in [0.5, 0.6) is 0 Å². The van der Waals surface area contributed by atoms with Gasteiger partial charge >= 0.3 is 14.7 Å². The fourth-order valence-electron chi connectivity index (χ4n) is 0.154. The molecule has 0 aliphatic rings. The molecule has 1 aromatic heterocycles. The lowest BCUT2D eigenvalue weighted by molar-refractivity contribution is -0.00000117. The molecule has 8 heavy (non-hydrogen) atoms. The highest BCUT2D eigenvalue weighted by molar-refractivity contribution is 7.68. The maximum absolute atomic E-state index is 5.46. The van der Waals surface area contributed by atoms with E-state index in [0.29, 0.717) is 9.49 Å². The Labute approximate surface area is 70.2 Å². The summed E-state index contributed by atoms with van der Waals surface area (Å²) in [4.78, 5) is 0. The molecule has 0 aliphatic heterocycles. The van der Waals surface area contributed by atoms with Crippen molar-refractivity contribution in [2.75, 3.05) is 0 Å². The first kappa shape index (κ1) is 8.85. The van der Waals surface area contributed by atoms with Crippen LogP contribution in [0.4, 0.5) is 0 Å². The average Bonchev–Trinajstić information content (AvgIpc) is 1.91. The highest BCUT2D eigenvalue weighted by Gasteiger charge is 2.12. The minimum Gasteiger partial charge on any atom is -1.00 e. The minimum atomic E-state index is 0. The molecule has 0 radical (unpaired) electrons. The van der Waals surface area contributed by atoms with Crippen LogP contribution in [-0.2, 0) is 0 Å². The predicted octanol–water partition coefficient (Wildman–Crippen LogP) is -0.203. The smallest absolute Gasteiger partial charge is 0.354 e.